The van der Waals surface area contributed by atoms with Gasteiger partial charge >= 0.3 is 5.97 Å². The summed E-state index contributed by atoms with van der Waals surface area (Å²) in [7, 11) is 0. The number of esters is 1. The third-order valence-corrected chi connectivity index (χ3v) is 4.28. The lowest BCUT2D eigenvalue weighted by atomic mass is 10.2. The second-order valence-corrected chi connectivity index (χ2v) is 6.84. The number of nitrogens with zero attached hydrogens (tertiary/aromatic N) is 1. The number of hydrogen-bond donors (Lipinski definition) is 1. The molecule has 6 nitrogen and oxygen atoms in total. The molecule has 1 amide bonds. The van der Waals surface area contributed by atoms with Gasteiger partial charge in [0.05, 0.1) is 11.8 Å². The first kappa shape index (κ1) is 21.4. The van der Waals surface area contributed by atoms with Crippen molar-refractivity contribution in [2.45, 2.75) is 0 Å². The van der Waals surface area contributed by atoms with Crippen molar-refractivity contribution in [2.75, 3.05) is 6.61 Å². The summed E-state index contributed by atoms with van der Waals surface area (Å²) in [5.74, 6) is -0.171. The molecular formula is C22H16Cl2N2O4. The van der Waals surface area contributed by atoms with Crippen LogP contribution >= 0.6 is 23.2 Å². The van der Waals surface area contributed by atoms with Crippen LogP contribution in [0.3, 0.4) is 0 Å². The highest BCUT2D eigenvalue weighted by molar-refractivity contribution is 6.30. The molecule has 3 aromatic rings. The maximum absolute atomic E-state index is 12.3. The molecule has 0 aliphatic carbocycles. The lowest BCUT2D eigenvalue weighted by molar-refractivity contribution is -0.123. The van der Waals surface area contributed by atoms with Gasteiger partial charge in [0.2, 0.25) is 0 Å². The summed E-state index contributed by atoms with van der Waals surface area (Å²) in [5.41, 5.74) is 3.23. The quantitative estimate of drug-likeness (QED) is 0.248. The van der Waals surface area contributed by atoms with Gasteiger partial charge in [-0.15, -0.1) is 0 Å². The van der Waals surface area contributed by atoms with Crippen molar-refractivity contribution in [1.82, 2.24) is 5.43 Å². The van der Waals surface area contributed by atoms with E-state index in [1.165, 1.54) is 6.21 Å². The van der Waals surface area contributed by atoms with Crippen LogP contribution in [0.15, 0.2) is 77.9 Å². The number of ether oxygens (including phenoxy) is 2. The highest BCUT2D eigenvalue weighted by Crippen LogP contribution is 2.19. The Labute approximate surface area is 183 Å². The molecule has 0 fully saturated rings. The zero-order valence-electron chi connectivity index (χ0n) is 15.5. The lowest BCUT2D eigenvalue weighted by Gasteiger charge is -2.07. The molecule has 0 radical (unpaired) electrons. The summed E-state index contributed by atoms with van der Waals surface area (Å²) in [6, 6.07) is 19.8. The highest BCUT2D eigenvalue weighted by Gasteiger charge is 2.11. The molecule has 0 spiro atoms. The number of nitrogens with one attached hydrogen (secondary N) is 1. The molecular weight excluding hydrogens is 427 g/mol. The molecule has 0 saturated heterocycles. The number of benzene rings is 3. The molecule has 0 bridgehead atoms. The number of amides is 1. The summed E-state index contributed by atoms with van der Waals surface area (Å²) < 4.78 is 10.8. The molecule has 152 valence electrons. The molecule has 0 aromatic heterocycles. The number of hydrazone groups is 1. The van der Waals surface area contributed by atoms with Gasteiger partial charge < -0.3 is 9.47 Å². The van der Waals surface area contributed by atoms with Crippen LogP contribution in [0.4, 0.5) is 0 Å². The van der Waals surface area contributed by atoms with Crippen molar-refractivity contribution in [2.24, 2.45) is 5.10 Å². The lowest BCUT2D eigenvalue weighted by Crippen LogP contribution is -2.24. The van der Waals surface area contributed by atoms with E-state index in [1.54, 1.807) is 72.8 Å². The number of para-hydroxylation sites is 1. The fourth-order valence-electron chi connectivity index (χ4n) is 2.31. The van der Waals surface area contributed by atoms with Gasteiger partial charge in [-0.05, 0) is 60.7 Å². The maximum Gasteiger partial charge on any atom is 0.343 e. The average Bonchev–Trinajstić information content (AvgIpc) is 2.75. The van der Waals surface area contributed by atoms with Crippen LogP contribution in [0.2, 0.25) is 10.0 Å². The Kier molecular flexibility index (Phi) is 7.43. The monoisotopic (exact) mass is 442 g/mol. The first-order valence-electron chi connectivity index (χ1n) is 8.78. The molecule has 1 N–H and O–H groups in total. The van der Waals surface area contributed by atoms with Gasteiger partial charge in [0.25, 0.3) is 5.91 Å². The zero-order valence-corrected chi connectivity index (χ0v) is 17.1. The molecule has 0 aliphatic heterocycles. The largest absolute Gasteiger partial charge is 0.484 e. The number of halogens is 2. The van der Waals surface area contributed by atoms with Crippen molar-refractivity contribution >= 4 is 41.3 Å². The summed E-state index contributed by atoms with van der Waals surface area (Å²) in [6.45, 7) is -0.216. The smallest absolute Gasteiger partial charge is 0.343 e. The van der Waals surface area contributed by atoms with Crippen molar-refractivity contribution in [3.05, 3.63) is 94.0 Å². The summed E-state index contributed by atoms with van der Waals surface area (Å²) >= 11 is 11.6. The summed E-state index contributed by atoms with van der Waals surface area (Å²) in [4.78, 5) is 24.2. The van der Waals surface area contributed by atoms with Gasteiger partial charge in [-0.1, -0.05) is 35.3 Å². The summed E-state index contributed by atoms with van der Waals surface area (Å²) in [6.07, 6.45) is 1.38. The number of rotatable bonds is 7. The third kappa shape index (κ3) is 6.34. The van der Waals surface area contributed by atoms with E-state index < -0.39 is 11.9 Å². The highest BCUT2D eigenvalue weighted by atomic mass is 35.5. The van der Waals surface area contributed by atoms with Crippen LogP contribution < -0.4 is 14.9 Å². The molecule has 0 saturated carbocycles. The molecule has 0 heterocycles. The Hall–Kier alpha value is -3.35. The van der Waals surface area contributed by atoms with E-state index in [1.807, 2.05) is 0 Å². The minimum atomic E-state index is -0.534. The molecule has 0 aliphatic rings. The van der Waals surface area contributed by atoms with Crippen LogP contribution in [0, 0.1) is 0 Å². The molecule has 3 aromatic carbocycles. The average molecular weight is 443 g/mol. The van der Waals surface area contributed by atoms with Gasteiger partial charge in [-0.3, -0.25) is 4.79 Å². The third-order valence-electron chi connectivity index (χ3n) is 3.78. The van der Waals surface area contributed by atoms with E-state index in [9.17, 15) is 9.59 Å². The van der Waals surface area contributed by atoms with E-state index in [-0.39, 0.29) is 6.61 Å². The normalized spacial score (nSPS) is 10.6. The second-order valence-electron chi connectivity index (χ2n) is 5.97. The first-order chi connectivity index (χ1) is 14.5. The van der Waals surface area contributed by atoms with Crippen LogP contribution in [0.1, 0.15) is 15.9 Å². The predicted molar refractivity (Wildman–Crippen MR) is 116 cm³/mol. The predicted octanol–water partition coefficient (Wildman–Crippen LogP) is 4.74. The molecule has 0 unspecified atom stereocenters. The Balaban J connectivity index is 1.56. The molecule has 3 rings (SSSR count). The topological polar surface area (TPSA) is 77.0 Å². The molecule has 8 heteroatoms. The Bertz CT molecular complexity index is 1050. The Morgan fingerprint density at radius 1 is 0.900 bits per heavy atom. The van der Waals surface area contributed by atoms with Crippen molar-refractivity contribution in [1.29, 1.82) is 0 Å². The van der Waals surface area contributed by atoms with Gasteiger partial charge in [0, 0.05) is 15.6 Å². The van der Waals surface area contributed by atoms with Crippen LogP contribution in [-0.4, -0.2) is 24.7 Å². The van der Waals surface area contributed by atoms with Gasteiger partial charge in [-0.25, -0.2) is 10.2 Å². The van der Waals surface area contributed by atoms with Crippen molar-refractivity contribution < 1.29 is 19.1 Å². The van der Waals surface area contributed by atoms with Crippen molar-refractivity contribution in [3.63, 3.8) is 0 Å². The van der Waals surface area contributed by atoms with Crippen LogP contribution in [0.5, 0.6) is 11.5 Å². The molecule has 0 atom stereocenters. The van der Waals surface area contributed by atoms with E-state index in [0.29, 0.717) is 32.7 Å². The van der Waals surface area contributed by atoms with E-state index in [4.69, 9.17) is 32.7 Å². The van der Waals surface area contributed by atoms with Gasteiger partial charge in [0.15, 0.2) is 6.61 Å². The van der Waals surface area contributed by atoms with Crippen LogP contribution in [0.25, 0.3) is 0 Å². The first-order valence-corrected chi connectivity index (χ1v) is 9.54. The van der Waals surface area contributed by atoms with E-state index >= 15 is 0 Å². The standard InChI is InChI=1S/C22H16Cl2N2O4/c23-17-7-5-15(6-8-17)22(28)30-20-4-2-1-3-16(20)13-25-26-21(27)14-29-19-11-9-18(24)10-12-19/h1-13H,14H2,(H,26,27). The van der Waals surface area contributed by atoms with Crippen molar-refractivity contribution in [3.8, 4) is 11.5 Å². The maximum atomic E-state index is 12.3. The Morgan fingerprint density at radius 3 is 2.23 bits per heavy atom. The minimum absolute atomic E-state index is 0.216. The summed E-state index contributed by atoms with van der Waals surface area (Å²) in [5, 5.41) is 4.98. The fourth-order valence-corrected chi connectivity index (χ4v) is 2.56. The second kappa shape index (κ2) is 10.4. The Morgan fingerprint density at radius 2 is 1.53 bits per heavy atom. The number of carbonyl (C=O) groups excluding carboxylic acids is 2. The fraction of sp³-hybridized carbons (Fsp3) is 0.0455. The number of carbonyl (C=O) groups is 2. The van der Waals surface area contributed by atoms with Gasteiger partial charge in [-0.2, -0.15) is 5.10 Å². The molecule has 30 heavy (non-hydrogen) atoms. The SMILES string of the molecule is O=C(COc1ccc(Cl)cc1)NN=Cc1ccccc1OC(=O)c1ccc(Cl)cc1. The zero-order chi connectivity index (χ0) is 21.3. The van der Waals surface area contributed by atoms with E-state index in [2.05, 4.69) is 10.5 Å². The van der Waals surface area contributed by atoms with Gasteiger partial charge in [0.1, 0.15) is 11.5 Å². The van der Waals surface area contributed by atoms with E-state index in [0.717, 1.165) is 0 Å². The number of hydrogen-bond acceptors (Lipinski definition) is 5. The minimum Gasteiger partial charge on any atom is -0.484 e. The van der Waals surface area contributed by atoms with Crippen LogP contribution in [-0.2, 0) is 4.79 Å².